The third kappa shape index (κ3) is 3.70. The number of furan rings is 1. The highest BCUT2D eigenvalue weighted by Gasteiger charge is 2.47. The first-order chi connectivity index (χ1) is 18.5. The number of fused-ring (bicyclic) bond motifs is 5. The molecule has 0 spiro atoms. The molecule has 1 aromatic carbocycles. The number of aromatic nitrogens is 5. The van der Waals surface area contributed by atoms with Gasteiger partial charge in [-0.25, -0.2) is 24.3 Å². The van der Waals surface area contributed by atoms with Crippen LogP contribution >= 0.6 is 11.6 Å². The predicted octanol–water partition coefficient (Wildman–Crippen LogP) is 5.92. The van der Waals surface area contributed by atoms with Crippen LogP contribution in [0.3, 0.4) is 0 Å². The molecule has 5 aromatic rings. The highest BCUT2D eigenvalue weighted by Crippen LogP contribution is 2.47. The van der Waals surface area contributed by atoms with Gasteiger partial charge in [-0.2, -0.15) is 0 Å². The molecule has 2 atom stereocenters. The minimum atomic E-state index is -0.870. The van der Waals surface area contributed by atoms with E-state index < -0.39 is 23.7 Å². The molecule has 8 rings (SSSR count). The zero-order valence-electron chi connectivity index (χ0n) is 20.0. The average molecular weight is 533 g/mol. The van der Waals surface area contributed by atoms with E-state index in [1.165, 1.54) is 6.20 Å². The van der Waals surface area contributed by atoms with Gasteiger partial charge in [0.15, 0.2) is 28.9 Å². The number of carboxylic acids is 1. The van der Waals surface area contributed by atoms with E-state index in [4.69, 9.17) is 16.0 Å². The Bertz CT molecular complexity index is 1680. The zero-order chi connectivity index (χ0) is 26.0. The molecule has 3 saturated carbocycles. The Labute approximate surface area is 220 Å². The monoisotopic (exact) mass is 532 g/mol. The summed E-state index contributed by atoms with van der Waals surface area (Å²) in [7, 11) is 0. The van der Waals surface area contributed by atoms with Crippen LogP contribution in [0.2, 0.25) is 5.15 Å². The van der Waals surface area contributed by atoms with E-state index >= 15 is 4.39 Å². The number of para-hydroxylation sites is 1. The number of carboxylic acid groups (broad SMARTS) is 1. The second kappa shape index (κ2) is 8.76. The van der Waals surface area contributed by atoms with E-state index in [0.717, 1.165) is 31.1 Å². The molecule has 11 heteroatoms. The van der Waals surface area contributed by atoms with Crippen molar-refractivity contribution in [3.05, 3.63) is 53.7 Å². The predicted molar refractivity (Wildman–Crippen MR) is 139 cm³/mol. The fraction of sp³-hybridized carbons (Fsp3) is 0.296. The summed E-state index contributed by atoms with van der Waals surface area (Å²) in [6.07, 6.45) is 6.61. The molecule has 38 heavy (non-hydrogen) atoms. The maximum absolute atomic E-state index is 16.2. The van der Waals surface area contributed by atoms with Gasteiger partial charge in [0.2, 0.25) is 0 Å². The Kier molecular flexibility index (Phi) is 5.33. The van der Waals surface area contributed by atoms with Gasteiger partial charge in [-0.1, -0.05) is 29.8 Å². The number of rotatable bonds is 5. The molecule has 3 N–H and O–H groups in total. The van der Waals surface area contributed by atoms with Crippen LogP contribution in [-0.4, -0.2) is 42.0 Å². The van der Waals surface area contributed by atoms with Gasteiger partial charge in [0.25, 0.3) is 0 Å². The summed E-state index contributed by atoms with van der Waals surface area (Å²) in [6.45, 7) is 0. The summed E-state index contributed by atoms with van der Waals surface area (Å²) in [5.41, 5.74) is 1.96. The molecule has 2 bridgehead atoms. The summed E-state index contributed by atoms with van der Waals surface area (Å²) in [6, 6.07) is 8.65. The summed E-state index contributed by atoms with van der Waals surface area (Å²) < 4.78 is 22.1. The van der Waals surface area contributed by atoms with Crippen molar-refractivity contribution in [2.75, 3.05) is 5.32 Å². The van der Waals surface area contributed by atoms with Gasteiger partial charge in [-0.3, -0.25) is 4.79 Å². The number of halogens is 2. The summed E-state index contributed by atoms with van der Waals surface area (Å²) in [5.74, 6) is -1.68. The third-order valence-electron chi connectivity index (χ3n) is 7.91. The Morgan fingerprint density at radius 1 is 1.13 bits per heavy atom. The van der Waals surface area contributed by atoms with Gasteiger partial charge in [0, 0.05) is 17.6 Å². The number of anilines is 1. The lowest BCUT2D eigenvalue weighted by molar-refractivity contribution is -0.148. The fourth-order valence-electron chi connectivity index (χ4n) is 6.14. The van der Waals surface area contributed by atoms with Crippen LogP contribution in [0.4, 0.5) is 10.2 Å². The molecule has 0 amide bonds. The number of H-pyrrole nitrogens is 1. The SMILES string of the molecule is O=C(O)[C@H]1C2CCC(CC2)[C@@H]1Nc1nc(-c2c[nH]c3ncc(Cl)nc23)nc(-c2cc3ccccc3o2)c1F. The number of nitrogens with zero attached hydrogens (tertiary/aromatic N) is 4. The lowest BCUT2D eigenvalue weighted by atomic mass is 9.61. The van der Waals surface area contributed by atoms with E-state index in [1.807, 2.05) is 18.2 Å². The highest BCUT2D eigenvalue weighted by atomic mass is 35.5. The number of nitrogens with one attached hydrogen (secondary N) is 2. The number of carbonyl (C=O) groups is 1. The number of hydrogen-bond acceptors (Lipinski definition) is 7. The molecular formula is C27H22ClFN6O3. The van der Waals surface area contributed by atoms with E-state index in [9.17, 15) is 9.90 Å². The van der Waals surface area contributed by atoms with Gasteiger partial charge < -0.3 is 19.8 Å². The second-order valence-corrected chi connectivity index (χ2v) is 10.4. The van der Waals surface area contributed by atoms with Crippen LogP contribution in [0.1, 0.15) is 25.7 Å². The largest absolute Gasteiger partial charge is 0.481 e. The normalized spacial score (nSPS) is 22.8. The zero-order valence-corrected chi connectivity index (χ0v) is 20.7. The molecule has 3 aliphatic carbocycles. The Balaban J connectivity index is 1.40. The van der Waals surface area contributed by atoms with Crippen LogP contribution in [0, 0.1) is 23.6 Å². The number of hydrogen-bond donors (Lipinski definition) is 3. The molecule has 3 fully saturated rings. The summed E-state index contributed by atoms with van der Waals surface area (Å²) >= 11 is 6.10. The van der Waals surface area contributed by atoms with Crippen molar-refractivity contribution in [1.82, 2.24) is 24.9 Å². The van der Waals surface area contributed by atoms with Gasteiger partial charge in [0.05, 0.1) is 17.7 Å². The Morgan fingerprint density at radius 2 is 1.92 bits per heavy atom. The van der Waals surface area contributed by atoms with Gasteiger partial charge in [0.1, 0.15) is 21.9 Å². The number of aromatic amines is 1. The number of benzene rings is 1. The molecule has 3 aliphatic rings. The number of aliphatic carboxylic acids is 1. The molecule has 0 unspecified atom stereocenters. The summed E-state index contributed by atoms with van der Waals surface area (Å²) in [4.78, 5) is 33.0. The van der Waals surface area contributed by atoms with E-state index in [2.05, 4.69) is 30.2 Å². The van der Waals surface area contributed by atoms with Crippen LogP contribution < -0.4 is 5.32 Å². The van der Waals surface area contributed by atoms with Gasteiger partial charge in [-0.15, -0.1) is 0 Å². The van der Waals surface area contributed by atoms with E-state index in [-0.39, 0.29) is 40.1 Å². The first-order valence-electron chi connectivity index (χ1n) is 12.5. The minimum Gasteiger partial charge on any atom is -0.481 e. The van der Waals surface area contributed by atoms with Crippen molar-refractivity contribution in [2.45, 2.75) is 31.7 Å². The molecule has 9 nitrogen and oxygen atoms in total. The lowest BCUT2D eigenvalue weighted by Gasteiger charge is -2.47. The topological polar surface area (TPSA) is 130 Å². The Hall–Kier alpha value is -4.05. The van der Waals surface area contributed by atoms with Crippen LogP contribution in [0.25, 0.3) is 45.0 Å². The smallest absolute Gasteiger partial charge is 0.308 e. The van der Waals surface area contributed by atoms with Crippen molar-refractivity contribution in [2.24, 2.45) is 17.8 Å². The molecular weight excluding hydrogens is 511 g/mol. The third-order valence-corrected chi connectivity index (χ3v) is 8.09. The minimum absolute atomic E-state index is 0.0362. The van der Waals surface area contributed by atoms with Crippen molar-refractivity contribution < 1.29 is 18.7 Å². The molecule has 192 valence electrons. The molecule has 0 radical (unpaired) electrons. The van der Waals surface area contributed by atoms with Crippen molar-refractivity contribution in [3.8, 4) is 22.8 Å². The molecule has 0 aliphatic heterocycles. The van der Waals surface area contributed by atoms with Gasteiger partial charge in [-0.05, 0) is 49.7 Å². The van der Waals surface area contributed by atoms with E-state index in [0.29, 0.717) is 22.3 Å². The lowest BCUT2D eigenvalue weighted by Crippen LogP contribution is -2.51. The standard InChI is InChI=1S/C27H22ClFN6O3/c28-18-11-31-26-22(32-18)15(10-30-26)24-34-23(17-9-14-3-1-2-4-16(14)38-17)20(29)25(35-24)33-21-13-7-5-12(6-8-13)19(21)27(36)37/h1-4,9-13,19,21H,5-8H2,(H,30,31)(H,36,37)(H,33,34,35)/t12?,13?,19-,21-/m0/s1. The van der Waals surface area contributed by atoms with Crippen LogP contribution in [0.5, 0.6) is 0 Å². The van der Waals surface area contributed by atoms with Gasteiger partial charge >= 0.3 is 5.97 Å². The first-order valence-corrected chi connectivity index (χ1v) is 12.9. The van der Waals surface area contributed by atoms with Crippen molar-refractivity contribution in [3.63, 3.8) is 0 Å². The Morgan fingerprint density at radius 3 is 2.71 bits per heavy atom. The fourth-order valence-corrected chi connectivity index (χ4v) is 6.27. The second-order valence-electron chi connectivity index (χ2n) is 10.0. The molecule has 4 heterocycles. The molecule has 4 aromatic heterocycles. The van der Waals surface area contributed by atoms with Crippen LogP contribution in [-0.2, 0) is 4.79 Å². The highest BCUT2D eigenvalue weighted by molar-refractivity contribution is 6.29. The molecule has 0 saturated heterocycles. The van der Waals surface area contributed by atoms with Crippen molar-refractivity contribution in [1.29, 1.82) is 0 Å². The summed E-state index contributed by atoms with van der Waals surface area (Å²) in [5, 5.41) is 14.2. The van der Waals surface area contributed by atoms with Crippen LogP contribution in [0.15, 0.2) is 47.1 Å². The maximum Gasteiger partial charge on any atom is 0.308 e. The van der Waals surface area contributed by atoms with E-state index in [1.54, 1.807) is 18.3 Å². The van der Waals surface area contributed by atoms with Crippen molar-refractivity contribution >= 4 is 45.5 Å². The maximum atomic E-state index is 16.2. The first kappa shape index (κ1) is 23.1. The quantitative estimate of drug-likeness (QED) is 0.254. The average Bonchev–Trinajstić information content (AvgIpc) is 3.54.